The van der Waals surface area contributed by atoms with Gasteiger partial charge in [0.05, 0.1) is 0 Å². The molecule has 0 saturated heterocycles. The van der Waals surface area contributed by atoms with Crippen LogP contribution in [0.15, 0.2) is 0 Å². The standard InChI is InChI=1S/C5H5FN2O8/c1-2(9)16-3(4(10)11)5(6,7(12)13)8(14)15/h3H,1H3,(H,10,11). The van der Waals surface area contributed by atoms with Gasteiger partial charge in [0.25, 0.3) is 0 Å². The van der Waals surface area contributed by atoms with Gasteiger partial charge in [-0.3, -0.25) is 25.0 Å². The van der Waals surface area contributed by atoms with E-state index in [1.54, 1.807) is 0 Å². The van der Waals surface area contributed by atoms with E-state index in [9.17, 15) is 34.2 Å². The lowest BCUT2D eigenvalue weighted by Crippen LogP contribution is -2.56. The zero-order chi connectivity index (χ0) is 13.1. The van der Waals surface area contributed by atoms with Gasteiger partial charge in [0.2, 0.25) is 0 Å². The maximum Gasteiger partial charge on any atom is 0.663 e. The van der Waals surface area contributed by atoms with Gasteiger partial charge in [-0.25, -0.2) is 4.79 Å². The maximum atomic E-state index is 13.3. The van der Waals surface area contributed by atoms with Crippen LogP contribution in [0.25, 0.3) is 0 Å². The molecule has 0 spiro atoms. The van der Waals surface area contributed by atoms with Crippen LogP contribution in [0.2, 0.25) is 0 Å². The van der Waals surface area contributed by atoms with Gasteiger partial charge in [-0.05, 0) is 0 Å². The summed E-state index contributed by atoms with van der Waals surface area (Å²) in [5.74, 6) is -8.37. The normalized spacial score (nSPS) is 12.6. The molecular weight excluding hydrogens is 235 g/mol. The van der Waals surface area contributed by atoms with E-state index in [-0.39, 0.29) is 0 Å². The van der Waals surface area contributed by atoms with E-state index in [0.29, 0.717) is 6.92 Å². The summed E-state index contributed by atoms with van der Waals surface area (Å²) in [6, 6.07) is 0. The highest BCUT2D eigenvalue weighted by atomic mass is 19.2. The van der Waals surface area contributed by atoms with Crippen LogP contribution in [0.1, 0.15) is 6.92 Å². The number of hydrogen-bond donors (Lipinski definition) is 1. The lowest BCUT2D eigenvalue weighted by molar-refractivity contribution is -0.837. The van der Waals surface area contributed by atoms with E-state index in [2.05, 4.69) is 4.74 Å². The summed E-state index contributed by atoms with van der Waals surface area (Å²) >= 11 is 0. The second-order valence-electron chi connectivity index (χ2n) is 2.48. The molecule has 0 aliphatic rings. The molecule has 0 rings (SSSR count). The number of ether oxygens (including phenoxy) is 1. The van der Waals surface area contributed by atoms with Crippen LogP contribution in [0, 0.1) is 20.2 Å². The SMILES string of the molecule is CC(=O)OC(C(=O)O)C(F)([N+](=O)[O-])[N+](=O)[O-]. The molecule has 1 N–H and O–H groups in total. The Morgan fingerprint density at radius 1 is 1.38 bits per heavy atom. The zero-order valence-electron chi connectivity index (χ0n) is 7.65. The third kappa shape index (κ3) is 2.37. The number of halogens is 1. The summed E-state index contributed by atoms with van der Waals surface area (Å²) in [4.78, 5) is 36.8. The van der Waals surface area contributed by atoms with Gasteiger partial charge in [0.1, 0.15) is 9.85 Å². The van der Waals surface area contributed by atoms with Crippen LogP contribution >= 0.6 is 0 Å². The number of carboxylic acid groups (broad SMARTS) is 1. The summed E-state index contributed by atoms with van der Waals surface area (Å²) in [6.45, 7) is 0.621. The number of rotatable bonds is 5. The van der Waals surface area contributed by atoms with E-state index in [4.69, 9.17) is 5.11 Å². The van der Waals surface area contributed by atoms with E-state index in [0.717, 1.165) is 0 Å². The van der Waals surface area contributed by atoms with Crippen LogP contribution in [-0.2, 0) is 14.3 Å². The van der Waals surface area contributed by atoms with Crippen molar-refractivity contribution in [2.75, 3.05) is 0 Å². The average molecular weight is 240 g/mol. The highest BCUT2D eigenvalue weighted by Gasteiger charge is 2.71. The molecule has 0 aliphatic heterocycles. The second-order valence-corrected chi connectivity index (χ2v) is 2.48. The molecule has 0 fully saturated rings. The Morgan fingerprint density at radius 2 is 1.75 bits per heavy atom. The number of nitrogens with zero attached hydrogens (tertiary/aromatic N) is 2. The lowest BCUT2D eigenvalue weighted by atomic mass is 10.2. The predicted octanol–water partition coefficient (Wildman–Crippen LogP) is -0.821. The molecule has 1 atom stereocenters. The van der Waals surface area contributed by atoms with E-state index >= 15 is 0 Å². The smallest absolute Gasteiger partial charge is 0.478 e. The molecule has 0 heterocycles. The van der Waals surface area contributed by atoms with Gasteiger partial charge >= 0.3 is 24.0 Å². The molecule has 0 aromatic carbocycles. The van der Waals surface area contributed by atoms with Gasteiger partial charge < -0.3 is 9.84 Å². The van der Waals surface area contributed by atoms with Crippen molar-refractivity contribution in [2.45, 2.75) is 18.9 Å². The predicted molar refractivity (Wildman–Crippen MR) is 41.0 cm³/mol. The fourth-order valence-electron chi connectivity index (χ4n) is 0.707. The minimum Gasteiger partial charge on any atom is -0.478 e. The maximum absolute atomic E-state index is 13.3. The van der Waals surface area contributed by atoms with E-state index in [1.165, 1.54) is 0 Å². The molecule has 0 amide bonds. The Labute approximate surface area is 85.9 Å². The van der Waals surface area contributed by atoms with Crippen LogP contribution in [0.3, 0.4) is 0 Å². The average Bonchev–Trinajstić information content (AvgIpc) is 2.11. The Hall–Kier alpha value is -2.33. The highest BCUT2D eigenvalue weighted by Crippen LogP contribution is 2.21. The number of esters is 1. The molecule has 0 bridgehead atoms. The monoisotopic (exact) mass is 240 g/mol. The van der Waals surface area contributed by atoms with Crippen LogP contribution in [0.4, 0.5) is 4.39 Å². The number of nitro groups is 2. The zero-order valence-corrected chi connectivity index (χ0v) is 7.65. The van der Waals surface area contributed by atoms with Crippen molar-refractivity contribution in [1.82, 2.24) is 0 Å². The molecule has 0 aliphatic carbocycles. The number of carboxylic acids is 1. The van der Waals surface area contributed by atoms with Crippen molar-refractivity contribution in [1.29, 1.82) is 0 Å². The van der Waals surface area contributed by atoms with Gasteiger partial charge in [-0.2, -0.15) is 0 Å². The number of hydrogen-bond acceptors (Lipinski definition) is 7. The molecule has 10 nitrogen and oxygen atoms in total. The topological polar surface area (TPSA) is 150 Å². The molecule has 1 unspecified atom stereocenters. The first kappa shape index (κ1) is 13.7. The van der Waals surface area contributed by atoms with Crippen LogP contribution in [-0.4, -0.2) is 38.9 Å². The first-order valence-corrected chi connectivity index (χ1v) is 3.52. The fraction of sp³-hybridized carbons (Fsp3) is 0.600. The van der Waals surface area contributed by atoms with Gasteiger partial charge in [0.15, 0.2) is 0 Å². The molecule has 16 heavy (non-hydrogen) atoms. The van der Waals surface area contributed by atoms with Crippen molar-refractivity contribution in [2.24, 2.45) is 0 Å². The summed E-state index contributed by atoms with van der Waals surface area (Å²) in [7, 11) is 0. The minimum atomic E-state index is -4.63. The van der Waals surface area contributed by atoms with E-state index in [1.807, 2.05) is 0 Å². The number of aliphatic carboxylic acids is 1. The van der Waals surface area contributed by atoms with E-state index < -0.39 is 33.8 Å². The first-order valence-electron chi connectivity index (χ1n) is 3.52. The summed E-state index contributed by atoms with van der Waals surface area (Å²) in [5, 5.41) is 28.6. The lowest BCUT2D eigenvalue weighted by Gasteiger charge is -2.14. The Bertz CT molecular complexity index is 340. The largest absolute Gasteiger partial charge is 0.663 e. The van der Waals surface area contributed by atoms with Gasteiger partial charge in [-0.15, -0.1) is 0 Å². The van der Waals surface area contributed by atoms with Crippen molar-refractivity contribution in [3.8, 4) is 0 Å². The first-order chi connectivity index (χ1) is 7.13. The summed E-state index contributed by atoms with van der Waals surface area (Å²) < 4.78 is 17.0. The number of carbonyl (C=O) groups is 2. The molecule has 0 aromatic heterocycles. The Morgan fingerprint density at radius 3 is 1.94 bits per heavy atom. The fourth-order valence-corrected chi connectivity index (χ4v) is 0.707. The van der Waals surface area contributed by atoms with Crippen LogP contribution < -0.4 is 0 Å². The Balaban J connectivity index is 5.44. The molecule has 11 heteroatoms. The molecule has 90 valence electrons. The number of carbonyl (C=O) groups excluding carboxylic acids is 1. The quantitative estimate of drug-likeness (QED) is 0.215. The summed E-state index contributed by atoms with van der Waals surface area (Å²) in [6.07, 6.45) is -3.16. The van der Waals surface area contributed by atoms with Crippen molar-refractivity contribution in [3.05, 3.63) is 20.2 Å². The Kier molecular flexibility index (Phi) is 3.81. The van der Waals surface area contributed by atoms with Crippen molar-refractivity contribution < 1.29 is 33.7 Å². The third-order valence-corrected chi connectivity index (χ3v) is 1.35. The summed E-state index contributed by atoms with van der Waals surface area (Å²) in [5.41, 5.74) is 0. The van der Waals surface area contributed by atoms with Gasteiger partial charge in [-0.1, -0.05) is 4.39 Å². The van der Waals surface area contributed by atoms with Gasteiger partial charge in [0, 0.05) is 6.92 Å². The minimum absolute atomic E-state index is 0.621. The highest BCUT2D eigenvalue weighted by molar-refractivity contribution is 5.77. The molecular formula is C5H5FN2O8. The molecule has 0 aromatic rings. The third-order valence-electron chi connectivity index (χ3n) is 1.35. The second kappa shape index (κ2) is 4.46. The van der Waals surface area contributed by atoms with Crippen molar-refractivity contribution >= 4 is 11.9 Å². The molecule has 0 radical (unpaired) electrons. The number of alkyl halides is 1. The van der Waals surface area contributed by atoms with Crippen molar-refractivity contribution in [3.63, 3.8) is 0 Å². The van der Waals surface area contributed by atoms with Crippen LogP contribution in [0.5, 0.6) is 0 Å². The molecule has 0 saturated carbocycles.